The van der Waals surface area contributed by atoms with Crippen molar-refractivity contribution >= 4 is 5.91 Å². The normalized spacial score (nSPS) is 14.2. The Morgan fingerprint density at radius 2 is 1.79 bits per heavy atom. The Hall–Kier alpha value is -1.35. The van der Waals surface area contributed by atoms with Gasteiger partial charge in [0.25, 0.3) is 0 Å². The van der Waals surface area contributed by atoms with Gasteiger partial charge in [0.15, 0.2) is 0 Å². The Bertz CT molecular complexity index is 389. The molecule has 3 heteroatoms. The van der Waals surface area contributed by atoms with Crippen LogP contribution in [-0.4, -0.2) is 29.9 Å². The van der Waals surface area contributed by atoms with Crippen LogP contribution in [0.3, 0.4) is 0 Å². The molecule has 0 aliphatic carbocycles. The van der Waals surface area contributed by atoms with E-state index in [2.05, 4.69) is 20.8 Å². The van der Waals surface area contributed by atoms with Gasteiger partial charge in [0.05, 0.1) is 6.04 Å². The zero-order valence-corrected chi connectivity index (χ0v) is 12.5. The zero-order chi connectivity index (χ0) is 14.4. The Kier molecular flexibility index (Phi) is 6.03. The van der Waals surface area contributed by atoms with Crippen LogP contribution in [0.15, 0.2) is 30.3 Å². The van der Waals surface area contributed by atoms with Gasteiger partial charge in [0.2, 0.25) is 5.91 Å². The molecule has 0 saturated carbocycles. The number of carbonyl (C=O) groups excluding carboxylic acids is 1. The molecule has 1 amide bonds. The van der Waals surface area contributed by atoms with E-state index in [-0.39, 0.29) is 11.9 Å². The number of nitrogens with zero attached hydrogens (tertiary/aromatic N) is 1. The molecular weight excluding hydrogens is 236 g/mol. The molecule has 2 atom stereocenters. The number of likely N-dealkylation sites (N-methyl/N-ethyl adjacent to an activating group) is 1. The molecule has 0 aromatic heterocycles. The van der Waals surface area contributed by atoms with Crippen molar-refractivity contribution < 1.29 is 4.79 Å². The molecule has 0 bridgehead atoms. The van der Waals surface area contributed by atoms with Crippen molar-refractivity contribution in [1.82, 2.24) is 4.90 Å². The van der Waals surface area contributed by atoms with Gasteiger partial charge >= 0.3 is 0 Å². The highest BCUT2D eigenvalue weighted by atomic mass is 16.2. The monoisotopic (exact) mass is 262 g/mol. The van der Waals surface area contributed by atoms with Crippen molar-refractivity contribution in [3.8, 4) is 0 Å². The zero-order valence-electron chi connectivity index (χ0n) is 12.5. The predicted octanol–water partition coefficient (Wildman–Crippen LogP) is 2.45. The summed E-state index contributed by atoms with van der Waals surface area (Å²) in [6.07, 6.45) is 1.60. The minimum atomic E-state index is -0.456. The van der Waals surface area contributed by atoms with Crippen LogP contribution in [0.25, 0.3) is 0 Å². The summed E-state index contributed by atoms with van der Waals surface area (Å²) in [7, 11) is 1.85. The molecule has 1 rings (SSSR count). The van der Waals surface area contributed by atoms with E-state index in [1.165, 1.54) is 0 Å². The average Bonchev–Trinajstić information content (AvgIpc) is 2.37. The fraction of sp³-hybridized carbons (Fsp3) is 0.562. The lowest BCUT2D eigenvalue weighted by atomic mass is 10.0. The molecule has 1 aromatic rings. The van der Waals surface area contributed by atoms with Crippen LogP contribution in [0.2, 0.25) is 0 Å². The predicted molar refractivity (Wildman–Crippen MR) is 79.8 cm³/mol. The molecular formula is C16H26N2O. The molecule has 0 heterocycles. The number of carbonyl (C=O) groups is 1. The van der Waals surface area contributed by atoms with E-state index in [4.69, 9.17) is 5.73 Å². The standard InChI is InChI=1S/C16H26N2O/c1-12(2)10-13(3)18(4)16(19)15(17)11-14-8-6-5-7-9-14/h5-9,12-13,15H,10-11,17H2,1-4H3/t13?,15-/m0/s1. The van der Waals surface area contributed by atoms with Crippen LogP contribution in [0.4, 0.5) is 0 Å². The average molecular weight is 262 g/mol. The largest absolute Gasteiger partial charge is 0.342 e. The van der Waals surface area contributed by atoms with Gasteiger partial charge in [-0.05, 0) is 31.2 Å². The van der Waals surface area contributed by atoms with Crippen molar-refractivity contribution in [2.75, 3.05) is 7.05 Å². The molecule has 0 aliphatic rings. The van der Waals surface area contributed by atoms with Crippen molar-refractivity contribution in [3.05, 3.63) is 35.9 Å². The van der Waals surface area contributed by atoms with Crippen molar-refractivity contribution in [2.45, 2.75) is 45.7 Å². The second-order valence-electron chi connectivity index (χ2n) is 5.72. The maximum absolute atomic E-state index is 12.3. The third kappa shape index (κ3) is 5.03. The molecule has 2 N–H and O–H groups in total. The van der Waals surface area contributed by atoms with E-state index >= 15 is 0 Å². The van der Waals surface area contributed by atoms with Gasteiger partial charge in [-0.25, -0.2) is 0 Å². The van der Waals surface area contributed by atoms with E-state index in [1.807, 2.05) is 37.4 Å². The minimum Gasteiger partial charge on any atom is -0.342 e. The van der Waals surface area contributed by atoms with Crippen LogP contribution in [0, 0.1) is 5.92 Å². The minimum absolute atomic E-state index is 0.0250. The SMILES string of the molecule is CC(C)CC(C)N(C)C(=O)[C@@H](N)Cc1ccccc1. The number of hydrogen-bond acceptors (Lipinski definition) is 2. The molecule has 3 nitrogen and oxygen atoms in total. The first-order chi connectivity index (χ1) is 8.91. The summed E-state index contributed by atoms with van der Waals surface area (Å²) in [4.78, 5) is 14.1. The number of amides is 1. The van der Waals surface area contributed by atoms with Gasteiger partial charge in [-0.2, -0.15) is 0 Å². The topological polar surface area (TPSA) is 46.3 Å². The summed E-state index contributed by atoms with van der Waals surface area (Å²) in [5, 5.41) is 0. The second-order valence-corrected chi connectivity index (χ2v) is 5.72. The number of benzene rings is 1. The molecule has 0 aliphatic heterocycles. The Morgan fingerprint density at radius 1 is 1.21 bits per heavy atom. The molecule has 1 aromatic carbocycles. The number of nitrogens with two attached hydrogens (primary N) is 1. The third-order valence-corrected chi connectivity index (χ3v) is 3.44. The van der Waals surface area contributed by atoms with Crippen LogP contribution < -0.4 is 5.73 Å². The molecule has 106 valence electrons. The Morgan fingerprint density at radius 3 is 2.32 bits per heavy atom. The summed E-state index contributed by atoms with van der Waals surface area (Å²) in [6.45, 7) is 6.41. The highest BCUT2D eigenvalue weighted by Crippen LogP contribution is 2.11. The molecule has 0 saturated heterocycles. The lowest BCUT2D eigenvalue weighted by Crippen LogP contribution is -2.46. The Labute approximate surface area is 116 Å². The first kappa shape index (κ1) is 15.7. The van der Waals surface area contributed by atoms with Gasteiger partial charge in [0, 0.05) is 13.1 Å². The smallest absolute Gasteiger partial charge is 0.239 e. The van der Waals surface area contributed by atoms with Crippen LogP contribution in [0.1, 0.15) is 32.8 Å². The van der Waals surface area contributed by atoms with E-state index in [9.17, 15) is 4.79 Å². The van der Waals surface area contributed by atoms with Gasteiger partial charge in [-0.15, -0.1) is 0 Å². The van der Waals surface area contributed by atoms with E-state index in [0.717, 1.165) is 12.0 Å². The van der Waals surface area contributed by atoms with E-state index in [1.54, 1.807) is 4.90 Å². The molecule has 0 radical (unpaired) electrons. The third-order valence-electron chi connectivity index (χ3n) is 3.44. The first-order valence-corrected chi connectivity index (χ1v) is 6.98. The molecule has 0 fully saturated rings. The first-order valence-electron chi connectivity index (χ1n) is 6.98. The molecule has 1 unspecified atom stereocenters. The summed E-state index contributed by atoms with van der Waals surface area (Å²) < 4.78 is 0. The van der Waals surface area contributed by atoms with Crippen LogP contribution in [-0.2, 0) is 11.2 Å². The lowest BCUT2D eigenvalue weighted by Gasteiger charge is -2.28. The quantitative estimate of drug-likeness (QED) is 0.856. The highest BCUT2D eigenvalue weighted by Gasteiger charge is 2.22. The van der Waals surface area contributed by atoms with Gasteiger partial charge < -0.3 is 10.6 Å². The summed E-state index contributed by atoms with van der Waals surface area (Å²) in [6, 6.07) is 9.69. The number of hydrogen-bond donors (Lipinski definition) is 1. The number of rotatable bonds is 6. The second kappa shape index (κ2) is 7.29. The molecule has 19 heavy (non-hydrogen) atoms. The van der Waals surface area contributed by atoms with E-state index in [0.29, 0.717) is 12.3 Å². The maximum atomic E-state index is 12.3. The van der Waals surface area contributed by atoms with Gasteiger partial charge in [-0.3, -0.25) is 4.79 Å². The highest BCUT2D eigenvalue weighted by molar-refractivity contribution is 5.82. The van der Waals surface area contributed by atoms with Crippen molar-refractivity contribution in [2.24, 2.45) is 11.7 Å². The Balaban J connectivity index is 2.56. The van der Waals surface area contributed by atoms with Crippen molar-refractivity contribution in [1.29, 1.82) is 0 Å². The van der Waals surface area contributed by atoms with Gasteiger partial charge in [-0.1, -0.05) is 44.2 Å². The summed E-state index contributed by atoms with van der Waals surface area (Å²) >= 11 is 0. The fourth-order valence-electron chi connectivity index (χ4n) is 2.27. The van der Waals surface area contributed by atoms with Gasteiger partial charge in [0.1, 0.15) is 0 Å². The summed E-state index contributed by atoms with van der Waals surface area (Å²) in [5.74, 6) is 0.604. The van der Waals surface area contributed by atoms with E-state index < -0.39 is 6.04 Å². The van der Waals surface area contributed by atoms with Crippen LogP contribution in [0.5, 0.6) is 0 Å². The van der Waals surface area contributed by atoms with Crippen LogP contribution >= 0.6 is 0 Å². The molecule has 0 spiro atoms. The maximum Gasteiger partial charge on any atom is 0.239 e. The lowest BCUT2D eigenvalue weighted by molar-refractivity contribution is -0.133. The van der Waals surface area contributed by atoms with Crippen molar-refractivity contribution in [3.63, 3.8) is 0 Å². The summed E-state index contributed by atoms with van der Waals surface area (Å²) in [5.41, 5.74) is 7.13. The fourth-order valence-corrected chi connectivity index (χ4v) is 2.27.